The molecule has 0 amide bonds. The summed E-state index contributed by atoms with van der Waals surface area (Å²) in [7, 11) is 2.35. The van der Waals surface area contributed by atoms with Crippen molar-refractivity contribution >= 4 is 23.9 Å². The summed E-state index contributed by atoms with van der Waals surface area (Å²) in [5.41, 5.74) is -0.113. The number of carbonyl (C=O) groups is 4. The fourth-order valence-electron chi connectivity index (χ4n) is 2.62. The van der Waals surface area contributed by atoms with E-state index in [1.54, 1.807) is 0 Å². The number of phenolic OH excluding ortho intramolecular Hbond substituents is 2. The van der Waals surface area contributed by atoms with Crippen molar-refractivity contribution in [2.75, 3.05) is 14.2 Å². The number of hydrogen-bond acceptors (Lipinski definition) is 10. The third-order valence-corrected chi connectivity index (χ3v) is 4.22. The zero-order chi connectivity index (χ0) is 23.7. The standard InChI is InChI=1S/C22H22O10/c1-29-21(27)15-9-7-13(11-17(15)23)31-19(25)5-3-4-6-20(26)32-14-8-10-16(18(24)12-14)22(28)30-2/h7-12,23-24H,3-6H2,1-2H3. The van der Waals surface area contributed by atoms with Crippen molar-refractivity contribution in [2.24, 2.45) is 0 Å². The minimum absolute atomic E-state index is 0.0153. The molecule has 0 heterocycles. The molecule has 170 valence electrons. The Balaban J connectivity index is 1.75. The van der Waals surface area contributed by atoms with Gasteiger partial charge < -0.3 is 29.2 Å². The van der Waals surface area contributed by atoms with Crippen LogP contribution in [0, 0.1) is 0 Å². The number of phenols is 2. The Morgan fingerprint density at radius 2 is 1.06 bits per heavy atom. The highest BCUT2D eigenvalue weighted by atomic mass is 16.5. The van der Waals surface area contributed by atoms with E-state index in [1.165, 1.54) is 38.5 Å². The molecular formula is C22H22O10. The summed E-state index contributed by atoms with van der Waals surface area (Å²) in [4.78, 5) is 46.7. The smallest absolute Gasteiger partial charge is 0.341 e. The summed E-state index contributed by atoms with van der Waals surface area (Å²) in [5, 5.41) is 19.6. The molecule has 10 heteroatoms. The molecule has 0 aromatic heterocycles. The van der Waals surface area contributed by atoms with Gasteiger partial charge in [-0.2, -0.15) is 0 Å². The van der Waals surface area contributed by atoms with Crippen LogP contribution in [-0.2, 0) is 19.1 Å². The van der Waals surface area contributed by atoms with Crippen LogP contribution in [0.4, 0.5) is 0 Å². The second kappa shape index (κ2) is 11.3. The molecule has 32 heavy (non-hydrogen) atoms. The molecule has 0 saturated carbocycles. The van der Waals surface area contributed by atoms with E-state index in [4.69, 9.17) is 9.47 Å². The Hall–Kier alpha value is -4.08. The molecule has 10 nitrogen and oxygen atoms in total. The van der Waals surface area contributed by atoms with E-state index in [-0.39, 0.29) is 47.0 Å². The molecule has 0 unspecified atom stereocenters. The molecule has 0 saturated heterocycles. The number of esters is 4. The van der Waals surface area contributed by atoms with E-state index in [9.17, 15) is 29.4 Å². The first kappa shape index (κ1) is 24.2. The monoisotopic (exact) mass is 446 g/mol. The van der Waals surface area contributed by atoms with Crippen LogP contribution >= 0.6 is 0 Å². The topological polar surface area (TPSA) is 146 Å². The summed E-state index contributed by atoms with van der Waals surface area (Å²) >= 11 is 0. The quantitative estimate of drug-likeness (QED) is 0.335. The van der Waals surface area contributed by atoms with Gasteiger partial charge >= 0.3 is 23.9 Å². The fourth-order valence-corrected chi connectivity index (χ4v) is 2.62. The SMILES string of the molecule is COC(=O)c1ccc(OC(=O)CCCCC(=O)Oc2ccc(C(=O)OC)c(O)c2)cc1O. The lowest BCUT2D eigenvalue weighted by Gasteiger charge is -2.08. The van der Waals surface area contributed by atoms with Crippen LogP contribution in [0.15, 0.2) is 36.4 Å². The maximum atomic E-state index is 11.9. The Labute approximate surface area is 183 Å². The number of unbranched alkanes of at least 4 members (excludes halogenated alkanes) is 1. The molecule has 2 rings (SSSR count). The van der Waals surface area contributed by atoms with Gasteiger partial charge in [-0.05, 0) is 37.1 Å². The molecular weight excluding hydrogens is 424 g/mol. The molecule has 0 aliphatic carbocycles. The summed E-state index contributed by atoms with van der Waals surface area (Å²) in [6.45, 7) is 0. The lowest BCUT2D eigenvalue weighted by Crippen LogP contribution is -2.10. The van der Waals surface area contributed by atoms with E-state index in [0.717, 1.165) is 12.1 Å². The van der Waals surface area contributed by atoms with Crippen LogP contribution in [0.3, 0.4) is 0 Å². The van der Waals surface area contributed by atoms with E-state index in [2.05, 4.69) is 9.47 Å². The van der Waals surface area contributed by atoms with Gasteiger partial charge in [-0.25, -0.2) is 9.59 Å². The highest BCUT2D eigenvalue weighted by molar-refractivity contribution is 5.93. The van der Waals surface area contributed by atoms with Crippen LogP contribution in [0.5, 0.6) is 23.0 Å². The number of carbonyl (C=O) groups excluding carboxylic acids is 4. The Morgan fingerprint density at radius 1 is 0.688 bits per heavy atom. The molecule has 2 aromatic rings. The maximum Gasteiger partial charge on any atom is 0.341 e. The van der Waals surface area contributed by atoms with E-state index in [0.29, 0.717) is 12.8 Å². The molecule has 0 spiro atoms. The van der Waals surface area contributed by atoms with Crippen molar-refractivity contribution in [1.82, 2.24) is 0 Å². The second-order valence-corrected chi connectivity index (χ2v) is 6.50. The summed E-state index contributed by atoms with van der Waals surface area (Å²) in [5.74, 6) is -3.22. The number of rotatable bonds is 9. The largest absolute Gasteiger partial charge is 0.507 e. The van der Waals surface area contributed by atoms with Gasteiger partial charge in [-0.15, -0.1) is 0 Å². The molecule has 0 bridgehead atoms. The molecule has 0 fully saturated rings. The van der Waals surface area contributed by atoms with Crippen molar-refractivity contribution in [2.45, 2.75) is 25.7 Å². The number of ether oxygens (including phenoxy) is 4. The summed E-state index contributed by atoms with van der Waals surface area (Å²) < 4.78 is 19.2. The molecule has 0 atom stereocenters. The third kappa shape index (κ3) is 6.73. The summed E-state index contributed by atoms with van der Waals surface area (Å²) in [6, 6.07) is 7.50. The zero-order valence-electron chi connectivity index (χ0n) is 17.5. The molecule has 2 aromatic carbocycles. The zero-order valence-corrected chi connectivity index (χ0v) is 17.5. The first-order valence-corrected chi connectivity index (χ1v) is 9.49. The van der Waals surface area contributed by atoms with Crippen LogP contribution in [0.1, 0.15) is 46.4 Å². The summed E-state index contributed by atoms with van der Waals surface area (Å²) in [6.07, 6.45) is 0.711. The number of aromatic hydroxyl groups is 2. The Bertz CT molecular complexity index is 930. The minimum Gasteiger partial charge on any atom is -0.507 e. The lowest BCUT2D eigenvalue weighted by molar-refractivity contribution is -0.136. The molecule has 0 aliphatic rings. The van der Waals surface area contributed by atoms with E-state index in [1.807, 2.05) is 0 Å². The van der Waals surface area contributed by atoms with Gasteiger partial charge in [0.25, 0.3) is 0 Å². The van der Waals surface area contributed by atoms with Gasteiger partial charge in [0, 0.05) is 25.0 Å². The average Bonchev–Trinajstić information content (AvgIpc) is 2.76. The van der Waals surface area contributed by atoms with Crippen molar-refractivity contribution in [1.29, 1.82) is 0 Å². The highest BCUT2D eigenvalue weighted by Crippen LogP contribution is 2.26. The second-order valence-electron chi connectivity index (χ2n) is 6.50. The normalized spacial score (nSPS) is 10.2. The Kier molecular flexibility index (Phi) is 8.58. The van der Waals surface area contributed by atoms with Crippen LogP contribution < -0.4 is 9.47 Å². The van der Waals surface area contributed by atoms with Gasteiger partial charge in [0.1, 0.15) is 34.1 Å². The van der Waals surface area contributed by atoms with Gasteiger partial charge in [0.15, 0.2) is 0 Å². The molecule has 0 radical (unpaired) electrons. The van der Waals surface area contributed by atoms with E-state index < -0.39 is 23.9 Å². The van der Waals surface area contributed by atoms with Crippen LogP contribution in [0.2, 0.25) is 0 Å². The predicted octanol–water partition coefficient (Wildman–Crippen LogP) is 2.74. The number of hydrogen-bond donors (Lipinski definition) is 2. The average molecular weight is 446 g/mol. The van der Waals surface area contributed by atoms with Gasteiger partial charge in [-0.1, -0.05) is 0 Å². The van der Waals surface area contributed by atoms with Crippen molar-refractivity contribution in [3.05, 3.63) is 47.5 Å². The maximum absolute atomic E-state index is 11.9. The van der Waals surface area contributed by atoms with Crippen molar-refractivity contribution in [3.63, 3.8) is 0 Å². The van der Waals surface area contributed by atoms with Crippen molar-refractivity contribution < 1.29 is 48.3 Å². The van der Waals surface area contributed by atoms with Crippen LogP contribution in [-0.4, -0.2) is 48.3 Å². The number of benzene rings is 2. The first-order valence-electron chi connectivity index (χ1n) is 9.49. The molecule has 2 N–H and O–H groups in total. The Morgan fingerprint density at radius 3 is 1.38 bits per heavy atom. The van der Waals surface area contributed by atoms with Gasteiger partial charge in [0.05, 0.1) is 14.2 Å². The molecule has 0 aliphatic heterocycles. The predicted molar refractivity (Wildman–Crippen MR) is 109 cm³/mol. The third-order valence-electron chi connectivity index (χ3n) is 4.22. The lowest BCUT2D eigenvalue weighted by atomic mass is 10.2. The highest BCUT2D eigenvalue weighted by Gasteiger charge is 2.15. The van der Waals surface area contributed by atoms with Crippen LogP contribution in [0.25, 0.3) is 0 Å². The first-order chi connectivity index (χ1) is 15.2. The minimum atomic E-state index is -0.720. The number of methoxy groups -OCH3 is 2. The van der Waals surface area contributed by atoms with Crippen molar-refractivity contribution in [3.8, 4) is 23.0 Å². The van der Waals surface area contributed by atoms with Gasteiger partial charge in [-0.3, -0.25) is 9.59 Å². The van der Waals surface area contributed by atoms with E-state index >= 15 is 0 Å². The fraction of sp³-hybridized carbons (Fsp3) is 0.273. The van der Waals surface area contributed by atoms with Gasteiger partial charge in [0.2, 0.25) is 0 Å².